The third-order valence-corrected chi connectivity index (χ3v) is 6.61. The Bertz CT molecular complexity index is 1080. The van der Waals surface area contributed by atoms with E-state index in [9.17, 15) is 18.0 Å². The summed E-state index contributed by atoms with van der Waals surface area (Å²) in [7, 11) is -0.768. The molecule has 30 heavy (non-hydrogen) atoms. The molecule has 0 saturated carbocycles. The fourth-order valence-electron chi connectivity index (χ4n) is 3.06. The number of carbonyl (C=O) groups is 2. The van der Waals surface area contributed by atoms with E-state index in [0.717, 1.165) is 4.31 Å². The topological polar surface area (TPSA) is 125 Å². The summed E-state index contributed by atoms with van der Waals surface area (Å²) in [6.07, 6.45) is 0.0632. The molecule has 158 valence electrons. The second-order valence-electron chi connectivity index (χ2n) is 6.93. The maximum atomic E-state index is 12.7. The fraction of sp³-hybridized carbons (Fsp3) is 0.250. The molecule has 2 aromatic carbocycles. The molecule has 2 amide bonds. The third kappa shape index (κ3) is 4.34. The summed E-state index contributed by atoms with van der Waals surface area (Å²) in [5, 5.41) is 8.41. The molecule has 0 spiro atoms. The lowest BCUT2D eigenvalue weighted by Crippen LogP contribution is -2.39. The van der Waals surface area contributed by atoms with Crippen LogP contribution in [-0.2, 0) is 26.2 Å². The number of amides is 2. The molecule has 1 heterocycles. The molecule has 0 aromatic heterocycles. The van der Waals surface area contributed by atoms with Crippen molar-refractivity contribution < 1.29 is 18.0 Å². The van der Waals surface area contributed by atoms with Crippen LogP contribution >= 0.6 is 0 Å². The smallest absolute Gasteiger partial charge is 0.267 e. The Labute approximate surface area is 175 Å². The standard InChI is InChI=1S/C20H23N5O4S/c1-24(2)30(28,29)18-11-7-6-8-14(18)13-22-20(27)16-12-17(19(21)26)25(23-16)15-9-4-3-5-10-15/h3-11,17H,12-13H2,1-2H3,(H2,21,26)(H,22,27). The molecule has 10 heteroatoms. The van der Waals surface area contributed by atoms with E-state index in [1.807, 2.05) is 6.07 Å². The predicted octanol–water partition coefficient (Wildman–Crippen LogP) is 0.673. The lowest BCUT2D eigenvalue weighted by Gasteiger charge is -2.20. The Morgan fingerprint density at radius 2 is 1.77 bits per heavy atom. The van der Waals surface area contributed by atoms with Crippen molar-refractivity contribution in [2.24, 2.45) is 10.8 Å². The highest BCUT2D eigenvalue weighted by atomic mass is 32.2. The van der Waals surface area contributed by atoms with E-state index in [-0.39, 0.29) is 23.6 Å². The third-order valence-electron chi connectivity index (χ3n) is 4.69. The zero-order valence-electron chi connectivity index (χ0n) is 16.6. The van der Waals surface area contributed by atoms with E-state index < -0.39 is 27.9 Å². The van der Waals surface area contributed by atoms with Gasteiger partial charge in [-0.2, -0.15) is 5.10 Å². The number of para-hydroxylation sites is 1. The zero-order valence-corrected chi connectivity index (χ0v) is 17.5. The number of benzene rings is 2. The van der Waals surface area contributed by atoms with E-state index in [0.29, 0.717) is 11.3 Å². The van der Waals surface area contributed by atoms with Crippen LogP contribution in [0.3, 0.4) is 0 Å². The summed E-state index contributed by atoms with van der Waals surface area (Å²) < 4.78 is 26.1. The van der Waals surface area contributed by atoms with Gasteiger partial charge in [0.2, 0.25) is 15.9 Å². The minimum Gasteiger partial charge on any atom is -0.368 e. The lowest BCUT2D eigenvalue weighted by atomic mass is 10.1. The molecule has 0 radical (unpaired) electrons. The summed E-state index contributed by atoms with van der Waals surface area (Å²) in [5.41, 5.74) is 6.73. The van der Waals surface area contributed by atoms with Crippen LogP contribution in [-0.4, -0.2) is 50.4 Å². The fourth-order valence-corrected chi connectivity index (χ4v) is 4.18. The summed E-state index contributed by atoms with van der Waals surface area (Å²) in [5.74, 6) is -1.08. The highest BCUT2D eigenvalue weighted by Gasteiger charge is 2.35. The largest absolute Gasteiger partial charge is 0.368 e. The van der Waals surface area contributed by atoms with Crippen molar-refractivity contribution >= 4 is 33.2 Å². The van der Waals surface area contributed by atoms with Gasteiger partial charge < -0.3 is 11.1 Å². The second-order valence-corrected chi connectivity index (χ2v) is 9.05. The Hall–Kier alpha value is -3.24. The molecule has 1 aliphatic heterocycles. The maximum absolute atomic E-state index is 12.7. The number of nitrogens with one attached hydrogen (secondary N) is 1. The minimum atomic E-state index is -3.66. The van der Waals surface area contributed by atoms with Gasteiger partial charge in [0.25, 0.3) is 5.91 Å². The van der Waals surface area contributed by atoms with Crippen molar-refractivity contribution in [3.05, 3.63) is 60.2 Å². The van der Waals surface area contributed by atoms with Crippen molar-refractivity contribution in [1.82, 2.24) is 9.62 Å². The van der Waals surface area contributed by atoms with E-state index in [4.69, 9.17) is 5.73 Å². The van der Waals surface area contributed by atoms with Gasteiger partial charge in [0.1, 0.15) is 11.8 Å². The van der Waals surface area contributed by atoms with Gasteiger partial charge >= 0.3 is 0 Å². The molecular weight excluding hydrogens is 406 g/mol. The molecule has 3 rings (SSSR count). The predicted molar refractivity (Wildman–Crippen MR) is 113 cm³/mol. The number of hydrogen-bond acceptors (Lipinski definition) is 6. The molecular formula is C20H23N5O4S. The van der Waals surface area contributed by atoms with Gasteiger partial charge in [-0.1, -0.05) is 36.4 Å². The number of anilines is 1. The van der Waals surface area contributed by atoms with Crippen LogP contribution in [0.25, 0.3) is 0 Å². The quantitative estimate of drug-likeness (QED) is 0.669. The van der Waals surface area contributed by atoms with Crippen LogP contribution in [0.5, 0.6) is 0 Å². The highest BCUT2D eigenvalue weighted by Crippen LogP contribution is 2.24. The molecule has 9 nitrogen and oxygen atoms in total. The number of nitrogens with two attached hydrogens (primary N) is 1. The summed E-state index contributed by atoms with van der Waals surface area (Å²) >= 11 is 0. The number of sulfonamides is 1. The molecule has 0 bridgehead atoms. The number of rotatable bonds is 7. The number of hydrazone groups is 1. The Balaban J connectivity index is 1.79. The van der Waals surface area contributed by atoms with E-state index in [2.05, 4.69) is 10.4 Å². The van der Waals surface area contributed by atoms with Crippen LogP contribution in [0.2, 0.25) is 0 Å². The van der Waals surface area contributed by atoms with Crippen molar-refractivity contribution in [2.45, 2.75) is 23.9 Å². The Morgan fingerprint density at radius 1 is 1.13 bits per heavy atom. The summed E-state index contributed by atoms with van der Waals surface area (Å²) in [6, 6.07) is 14.6. The maximum Gasteiger partial charge on any atom is 0.267 e. The highest BCUT2D eigenvalue weighted by molar-refractivity contribution is 7.89. The average Bonchev–Trinajstić information content (AvgIpc) is 3.19. The van der Waals surface area contributed by atoms with Crippen LogP contribution in [0.1, 0.15) is 12.0 Å². The average molecular weight is 430 g/mol. The van der Waals surface area contributed by atoms with Crippen LogP contribution < -0.4 is 16.1 Å². The summed E-state index contributed by atoms with van der Waals surface area (Å²) in [6.45, 7) is -0.00628. The first-order valence-electron chi connectivity index (χ1n) is 9.21. The molecule has 1 unspecified atom stereocenters. The van der Waals surface area contributed by atoms with Crippen LogP contribution in [0.4, 0.5) is 5.69 Å². The van der Waals surface area contributed by atoms with Crippen LogP contribution in [0.15, 0.2) is 64.6 Å². The number of nitrogens with zero attached hydrogens (tertiary/aromatic N) is 3. The van der Waals surface area contributed by atoms with Crippen molar-refractivity contribution in [3.8, 4) is 0 Å². The normalized spacial score (nSPS) is 16.4. The van der Waals surface area contributed by atoms with Gasteiger partial charge in [0.05, 0.1) is 10.6 Å². The molecule has 3 N–H and O–H groups in total. The second kappa shape index (κ2) is 8.64. The van der Waals surface area contributed by atoms with Crippen molar-refractivity contribution in [1.29, 1.82) is 0 Å². The van der Waals surface area contributed by atoms with E-state index >= 15 is 0 Å². The van der Waals surface area contributed by atoms with Crippen LogP contribution in [0, 0.1) is 0 Å². The minimum absolute atomic E-state index is 0.00628. The molecule has 0 fully saturated rings. The first kappa shape index (κ1) is 21.5. The summed E-state index contributed by atoms with van der Waals surface area (Å²) in [4.78, 5) is 24.6. The van der Waals surface area contributed by atoms with Gasteiger partial charge in [-0.05, 0) is 23.8 Å². The molecule has 0 aliphatic carbocycles. The number of carbonyl (C=O) groups excluding carboxylic acids is 2. The first-order chi connectivity index (χ1) is 14.2. The van der Waals surface area contributed by atoms with Crippen molar-refractivity contribution in [3.63, 3.8) is 0 Å². The zero-order chi connectivity index (χ0) is 21.9. The van der Waals surface area contributed by atoms with Gasteiger partial charge in [0, 0.05) is 27.1 Å². The SMILES string of the molecule is CN(C)S(=O)(=O)c1ccccc1CNC(=O)C1=NN(c2ccccc2)C(C(N)=O)C1. The van der Waals surface area contributed by atoms with Gasteiger partial charge in [0.15, 0.2) is 0 Å². The number of hydrogen-bond donors (Lipinski definition) is 2. The van der Waals surface area contributed by atoms with Gasteiger partial charge in [-0.15, -0.1) is 0 Å². The monoisotopic (exact) mass is 429 g/mol. The van der Waals surface area contributed by atoms with E-state index in [1.54, 1.807) is 42.5 Å². The van der Waals surface area contributed by atoms with Gasteiger partial charge in [-0.25, -0.2) is 12.7 Å². The lowest BCUT2D eigenvalue weighted by molar-refractivity contribution is -0.119. The first-order valence-corrected chi connectivity index (χ1v) is 10.7. The molecule has 1 atom stereocenters. The van der Waals surface area contributed by atoms with E-state index in [1.165, 1.54) is 25.2 Å². The number of primary amides is 1. The Kier molecular flexibility index (Phi) is 6.18. The molecule has 1 aliphatic rings. The molecule has 2 aromatic rings. The molecule has 0 saturated heterocycles. The van der Waals surface area contributed by atoms with Gasteiger partial charge in [-0.3, -0.25) is 14.6 Å². The Morgan fingerprint density at radius 3 is 2.40 bits per heavy atom. The van der Waals surface area contributed by atoms with Crippen molar-refractivity contribution in [2.75, 3.05) is 19.1 Å².